The second kappa shape index (κ2) is 8.14. The fourth-order valence-electron chi connectivity index (χ4n) is 1.96. The van der Waals surface area contributed by atoms with Gasteiger partial charge >= 0.3 is 6.03 Å². The van der Waals surface area contributed by atoms with E-state index in [4.69, 9.17) is 4.74 Å². The van der Waals surface area contributed by atoms with Crippen molar-refractivity contribution in [3.63, 3.8) is 0 Å². The summed E-state index contributed by atoms with van der Waals surface area (Å²) in [7, 11) is 0. The molecule has 7 nitrogen and oxygen atoms in total. The van der Waals surface area contributed by atoms with Gasteiger partial charge in [-0.15, -0.1) is 0 Å². The minimum atomic E-state index is -0.331. The van der Waals surface area contributed by atoms with Gasteiger partial charge in [-0.2, -0.15) is 10.1 Å². The van der Waals surface area contributed by atoms with Crippen molar-refractivity contribution in [2.45, 2.75) is 32.6 Å². The lowest BCUT2D eigenvalue weighted by molar-refractivity contribution is 0.250. The van der Waals surface area contributed by atoms with Crippen molar-refractivity contribution >= 4 is 27.9 Å². The first-order valence-corrected chi connectivity index (χ1v) is 8.48. The van der Waals surface area contributed by atoms with Gasteiger partial charge in [-0.3, -0.25) is 5.32 Å². The van der Waals surface area contributed by atoms with Gasteiger partial charge in [0.15, 0.2) is 0 Å². The van der Waals surface area contributed by atoms with Crippen LogP contribution in [0.25, 0.3) is 0 Å². The van der Waals surface area contributed by atoms with Gasteiger partial charge in [0.1, 0.15) is 12.1 Å². The third-order valence-electron chi connectivity index (χ3n) is 3.31. The van der Waals surface area contributed by atoms with Crippen molar-refractivity contribution in [2.75, 3.05) is 18.5 Å². The van der Waals surface area contributed by atoms with Crippen LogP contribution in [0.4, 0.5) is 10.7 Å². The maximum absolute atomic E-state index is 11.6. The molecule has 0 aliphatic carbocycles. The second-order valence-corrected chi connectivity index (χ2v) is 7.17. The molecule has 0 saturated heterocycles. The Morgan fingerprint density at radius 1 is 1.38 bits per heavy atom. The Hall–Kier alpha value is -2.09. The minimum Gasteiger partial charge on any atom is -0.492 e. The molecule has 2 aromatic rings. The Kier molecular flexibility index (Phi) is 6.19. The third kappa shape index (κ3) is 5.52. The van der Waals surface area contributed by atoms with Crippen molar-refractivity contribution in [2.24, 2.45) is 0 Å². The van der Waals surface area contributed by atoms with Crippen molar-refractivity contribution in [3.8, 4) is 5.75 Å². The van der Waals surface area contributed by atoms with Crippen molar-refractivity contribution in [1.82, 2.24) is 20.5 Å². The Morgan fingerprint density at radius 2 is 2.17 bits per heavy atom. The summed E-state index contributed by atoms with van der Waals surface area (Å²) < 4.78 is 6.68. The maximum Gasteiger partial charge on any atom is 0.321 e. The molecule has 1 heterocycles. The SMILES string of the molecule is CC(C)(C)c1ccc(OCCCNC(=O)Nc2ncn[nH]2)c(Br)c1. The molecule has 0 atom stereocenters. The van der Waals surface area contributed by atoms with Gasteiger partial charge in [-0.25, -0.2) is 9.89 Å². The van der Waals surface area contributed by atoms with Gasteiger partial charge in [0.2, 0.25) is 5.95 Å². The lowest BCUT2D eigenvalue weighted by Crippen LogP contribution is -2.30. The molecular weight excluding hydrogens is 374 g/mol. The predicted molar refractivity (Wildman–Crippen MR) is 96.4 cm³/mol. The van der Waals surface area contributed by atoms with Crippen LogP contribution in [0, 0.1) is 0 Å². The van der Waals surface area contributed by atoms with Crippen LogP contribution >= 0.6 is 15.9 Å². The van der Waals surface area contributed by atoms with Gasteiger partial charge in [0.05, 0.1) is 11.1 Å². The molecule has 1 aromatic heterocycles. The molecule has 0 unspecified atom stereocenters. The Bertz CT molecular complexity index is 668. The minimum absolute atomic E-state index is 0.0991. The number of urea groups is 1. The van der Waals surface area contributed by atoms with Crippen LogP contribution < -0.4 is 15.4 Å². The fourth-order valence-corrected chi connectivity index (χ4v) is 2.45. The number of aromatic nitrogens is 3. The molecule has 0 fully saturated rings. The number of benzene rings is 1. The van der Waals surface area contributed by atoms with E-state index < -0.39 is 0 Å². The van der Waals surface area contributed by atoms with Crippen molar-refractivity contribution < 1.29 is 9.53 Å². The molecule has 2 rings (SSSR count). The standard InChI is InChI=1S/C16H22BrN5O2/c1-16(2,3)11-5-6-13(12(17)9-11)24-8-4-7-18-15(23)21-14-19-10-20-22-14/h5-6,9-10H,4,7-8H2,1-3H3,(H3,18,19,20,21,22,23). The maximum atomic E-state index is 11.6. The molecule has 0 spiro atoms. The largest absolute Gasteiger partial charge is 0.492 e. The van der Waals surface area contributed by atoms with Crippen LogP contribution in [0.2, 0.25) is 0 Å². The quantitative estimate of drug-likeness (QED) is 0.653. The average Bonchev–Trinajstić information content (AvgIpc) is 3.00. The number of amides is 2. The molecule has 130 valence electrons. The first kappa shape index (κ1) is 18.3. The lowest BCUT2D eigenvalue weighted by Gasteiger charge is -2.20. The summed E-state index contributed by atoms with van der Waals surface area (Å²) in [5, 5.41) is 11.4. The van der Waals surface area contributed by atoms with E-state index in [0.717, 1.165) is 10.2 Å². The molecule has 24 heavy (non-hydrogen) atoms. The molecular formula is C16H22BrN5O2. The number of carbonyl (C=O) groups is 1. The van der Waals surface area contributed by atoms with E-state index in [1.807, 2.05) is 6.07 Å². The highest BCUT2D eigenvalue weighted by atomic mass is 79.9. The number of H-pyrrole nitrogens is 1. The zero-order chi connectivity index (χ0) is 17.6. The number of aromatic amines is 1. The number of anilines is 1. The smallest absolute Gasteiger partial charge is 0.321 e. The Morgan fingerprint density at radius 3 is 2.79 bits per heavy atom. The van der Waals surface area contributed by atoms with E-state index in [0.29, 0.717) is 25.5 Å². The highest BCUT2D eigenvalue weighted by molar-refractivity contribution is 9.10. The fraction of sp³-hybridized carbons (Fsp3) is 0.438. The highest BCUT2D eigenvalue weighted by Crippen LogP contribution is 2.31. The van der Waals surface area contributed by atoms with Crippen LogP contribution in [0.5, 0.6) is 5.75 Å². The lowest BCUT2D eigenvalue weighted by atomic mass is 9.87. The molecule has 3 N–H and O–H groups in total. The predicted octanol–water partition coefficient (Wildman–Crippen LogP) is 3.46. The first-order chi connectivity index (χ1) is 11.4. The van der Waals surface area contributed by atoms with Gasteiger partial charge < -0.3 is 10.1 Å². The van der Waals surface area contributed by atoms with Crippen LogP contribution in [-0.2, 0) is 5.41 Å². The normalized spacial score (nSPS) is 11.2. The molecule has 2 amide bonds. The summed E-state index contributed by atoms with van der Waals surface area (Å²) in [6.45, 7) is 7.52. The second-order valence-electron chi connectivity index (χ2n) is 6.31. The molecule has 0 saturated carbocycles. The molecule has 8 heteroatoms. The van der Waals surface area contributed by atoms with Crippen LogP contribution in [0.1, 0.15) is 32.8 Å². The van der Waals surface area contributed by atoms with Crippen molar-refractivity contribution in [1.29, 1.82) is 0 Å². The number of ether oxygens (including phenoxy) is 1. The molecule has 1 aromatic carbocycles. The molecule has 0 aliphatic heterocycles. The summed E-state index contributed by atoms with van der Waals surface area (Å²) in [5.41, 5.74) is 1.34. The topological polar surface area (TPSA) is 91.9 Å². The number of hydrogen-bond donors (Lipinski definition) is 3. The van der Waals surface area contributed by atoms with Crippen LogP contribution in [0.15, 0.2) is 29.0 Å². The number of rotatable bonds is 6. The van der Waals surface area contributed by atoms with E-state index >= 15 is 0 Å². The summed E-state index contributed by atoms with van der Waals surface area (Å²) in [6, 6.07) is 5.79. The highest BCUT2D eigenvalue weighted by Gasteiger charge is 2.15. The average molecular weight is 396 g/mol. The van der Waals surface area contributed by atoms with Crippen LogP contribution in [0.3, 0.4) is 0 Å². The molecule has 0 radical (unpaired) electrons. The summed E-state index contributed by atoms with van der Waals surface area (Å²) >= 11 is 3.54. The first-order valence-electron chi connectivity index (χ1n) is 7.69. The van der Waals surface area contributed by atoms with E-state index in [9.17, 15) is 4.79 Å². The summed E-state index contributed by atoms with van der Waals surface area (Å²) in [6.07, 6.45) is 2.02. The van der Waals surface area contributed by atoms with Crippen molar-refractivity contribution in [3.05, 3.63) is 34.6 Å². The summed E-state index contributed by atoms with van der Waals surface area (Å²) in [5.74, 6) is 1.11. The summed E-state index contributed by atoms with van der Waals surface area (Å²) in [4.78, 5) is 15.4. The third-order valence-corrected chi connectivity index (χ3v) is 3.93. The number of halogens is 1. The monoisotopic (exact) mass is 395 g/mol. The number of nitrogens with one attached hydrogen (secondary N) is 3. The number of hydrogen-bond acceptors (Lipinski definition) is 4. The van der Waals surface area contributed by atoms with Gasteiger partial charge in [-0.1, -0.05) is 26.8 Å². The molecule has 0 aliphatic rings. The van der Waals surface area contributed by atoms with E-state index in [1.165, 1.54) is 11.9 Å². The van der Waals surface area contributed by atoms with Gasteiger partial charge in [0.25, 0.3) is 0 Å². The van der Waals surface area contributed by atoms with E-state index in [2.05, 4.69) is 74.6 Å². The number of carbonyl (C=O) groups excluding carboxylic acids is 1. The van der Waals surface area contributed by atoms with E-state index in [-0.39, 0.29) is 11.4 Å². The van der Waals surface area contributed by atoms with Gasteiger partial charge in [-0.05, 0) is 45.5 Å². The molecule has 0 bridgehead atoms. The zero-order valence-electron chi connectivity index (χ0n) is 14.0. The van der Waals surface area contributed by atoms with E-state index in [1.54, 1.807) is 0 Å². The Labute approximate surface area is 149 Å². The Balaban J connectivity index is 1.70. The van der Waals surface area contributed by atoms with Crippen LogP contribution in [-0.4, -0.2) is 34.4 Å². The number of nitrogens with zero attached hydrogens (tertiary/aromatic N) is 2. The zero-order valence-corrected chi connectivity index (χ0v) is 15.6. The van der Waals surface area contributed by atoms with Gasteiger partial charge in [0, 0.05) is 6.54 Å².